The van der Waals surface area contributed by atoms with Gasteiger partial charge in [0.05, 0.1) is 12.8 Å². The van der Waals surface area contributed by atoms with Crippen molar-refractivity contribution >= 4 is 39.9 Å². The van der Waals surface area contributed by atoms with E-state index in [0.717, 1.165) is 9.09 Å². The number of hydrogen-bond donors (Lipinski definition) is 2. The average molecular weight is 252 g/mol. The Morgan fingerprint density at radius 1 is 1.12 bits per heavy atom. The van der Waals surface area contributed by atoms with Crippen LogP contribution < -0.4 is 0 Å². The average Bonchev–Trinajstić information content (AvgIpc) is 2.28. The summed E-state index contributed by atoms with van der Waals surface area (Å²) in [6.07, 6.45) is 7.00. The van der Waals surface area contributed by atoms with Gasteiger partial charge in [0.25, 0.3) is 0 Å². The molecule has 1 unspecified atom stereocenters. The van der Waals surface area contributed by atoms with Gasteiger partial charge in [-0.2, -0.15) is 0 Å². The summed E-state index contributed by atoms with van der Waals surface area (Å²) in [5.74, 6) is -1.04. The first-order chi connectivity index (χ1) is 7.93. The van der Waals surface area contributed by atoms with Crippen molar-refractivity contribution in [3.8, 4) is 0 Å². The maximum atomic E-state index is 9.64. The molecule has 17 heavy (non-hydrogen) atoms. The summed E-state index contributed by atoms with van der Waals surface area (Å²) in [6.45, 7) is 2.42. The largest absolute Gasteiger partial charge is 0.481 e. The Morgan fingerprint density at radius 2 is 1.53 bits per heavy atom. The fraction of sp³-hybridized carbons (Fsp3) is 0.833. The van der Waals surface area contributed by atoms with Crippen LogP contribution in [0.3, 0.4) is 0 Å². The molecule has 0 aliphatic heterocycles. The van der Waals surface area contributed by atoms with E-state index in [-0.39, 0.29) is 12.8 Å². The summed E-state index contributed by atoms with van der Waals surface area (Å²) in [6, 6.07) is 0. The SMILES string of the molecule is C[CH]([Na])C1CCCCC1.O=C(O)CCC(=O)O. The normalized spacial score (nSPS) is 17.8. The van der Waals surface area contributed by atoms with E-state index < -0.39 is 11.9 Å². The van der Waals surface area contributed by atoms with Crippen LogP contribution in [-0.4, -0.2) is 50.1 Å². The molecule has 0 spiro atoms. The Labute approximate surface area is 120 Å². The minimum atomic E-state index is -1.08. The molecular formula is C12H21NaO4. The van der Waals surface area contributed by atoms with Crippen LogP contribution in [0.25, 0.3) is 0 Å². The molecule has 0 amide bonds. The van der Waals surface area contributed by atoms with Gasteiger partial charge in [-0.25, -0.2) is 0 Å². The molecule has 2 N–H and O–H groups in total. The first kappa shape index (κ1) is 16.9. The summed E-state index contributed by atoms with van der Waals surface area (Å²) in [5.41, 5.74) is 0. The van der Waals surface area contributed by atoms with Crippen LogP contribution in [-0.2, 0) is 9.59 Å². The summed E-state index contributed by atoms with van der Waals surface area (Å²) in [4.78, 5) is 19.3. The van der Waals surface area contributed by atoms with E-state index in [1.54, 1.807) is 0 Å². The third-order valence-corrected chi connectivity index (χ3v) is 4.09. The topological polar surface area (TPSA) is 74.6 Å². The van der Waals surface area contributed by atoms with Crippen molar-refractivity contribution in [2.75, 3.05) is 0 Å². The third kappa shape index (κ3) is 10.8. The minimum Gasteiger partial charge on any atom is -0.481 e. The van der Waals surface area contributed by atoms with Crippen molar-refractivity contribution in [1.82, 2.24) is 0 Å². The van der Waals surface area contributed by atoms with Gasteiger partial charge in [-0.1, -0.05) is 0 Å². The molecule has 5 heteroatoms. The van der Waals surface area contributed by atoms with Gasteiger partial charge in [0, 0.05) is 0 Å². The molecule has 0 aromatic rings. The van der Waals surface area contributed by atoms with E-state index >= 15 is 0 Å². The summed E-state index contributed by atoms with van der Waals surface area (Å²) < 4.78 is 1.07. The van der Waals surface area contributed by atoms with E-state index in [4.69, 9.17) is 10.2 Å². The van der Waals surface area contributed by atoms with E-state index in [0.29, 0.717) is 0 Å². The van der Waals surface area contributed by atoms with Crippen LogP contribution in [0, 0.1) is 5.92 Å². The molecule has 1 saturated carbocycles. The van der Waals surface area contributed by atoms with Crippen LogP contribution in [0.15, 0.2) is 0 Å². The Hall–Kier alpha value is -0.0600. The quantitative estimate of drug-likeness (QED) is 0.754. The molecule has 0 radical (unpaired) electrons. The first-order valence-electron chi connectivity index (χ1n) is 6.37. The predicted molar refractivity (Wildman–Crippen MR) is 66.3 cm³/mol. The maximum Gasteiger partial charge on any atom is 0.303 e. The van der Waals surface area contributed by atoms with Gasteiger partial charge >= 0.3 is 88.0 Å². The number of aliphatic carboxylic acids is 2. The number of carbonyl (C=O) groups is 2. The minimum absolute atomic E-state index is 0.296. The molecule has 4 nitrogen and oxygen atoms in total. The second-order valence-corrected chi connectivity index (χ2v) is 6.75. The smallest absolute Gasteiger partial charge is 0.303 e. The van der Waals surface area contributed by atoms with Crippen molar-refractivity contribution in [2.24, 2.45) is 5.92 Å². The molecule has 1 rings (SSSR count). The Morgan fingerprint density at radius 3 is 1.76 bits per heavy atom. The van der Waals surface area contributed by atoms with Crippen molar-refractivity contribution in [3.05, 3.63) is 0 Å². The van der Waals surface area contributed by atoms with Gasteiger partial charge in [0.1, 0.15) is 0 Å². The first-order valence-corrected chi connectivity index (χ1v) is 7.52. The van der Waals surface area contributed by atoms with E-state index in [1.165, 1.54) is 60.0 Å². The monoisotopic (exact) mass is 252 g/mol. The maximum absolute atomic E-state index is 9.64. The molecular weight excluding hydrogens is 231 g/mol. The van der Waals surface area contributed by atoms with E-state index in [9.17, 15) is 9.59 Å². The van der Waals surface area contributed by atoms with Gasteiger partial charge < -0.3 is 10.2 Å². The third-order valence-electron chi connectivity index (χ3n) is 3.15. The van der Waals surface area contributed by atoms with Crippen LogP contribution >= 0.6 is 0 Å². The summed E-state index contributed by atoms with van der Waals surface area (Å²) in [7, 11) is 0. The molecule has 94 valence electrons. The zero-order valence-electron chi connectivity index (χ0n) is 10.8. The van der Waals surface area contributed by atoms with Crippen LogP contribution in [0.5, 0.6) is 0 Å². The molecule has 0 aromatic carbocycles. The van der Waals surface area contributed by atoms with Crippen LogP contribution in [0.1, 0.15) is 51.9 Å². The zero-order valence-corrected chi connectivity index (χ0v) is 12.8. The van der Waals surface area contributed by atoms with Gasteiger partial charge in [-0.15, -0.1) is 0 Å². The number of hydrogen-bond acceptors (Lipinski definition) is 2. The van der Waals surface area contributed by atoms with E-state index in [2.05, 4.69) is 6.92 Å². The van der Waals surface area contributed by atoms with Crippen molar-refractivity contribution in [3.63, 3.8) is 0 Å². The fourth-order valence-electron chi connectivity index (χ4n) is 2.01. The van der Waals surface area contributed by atoms with Gasteiger partial charge in [-0.05, 0) is 0 Å². The molecule has 1 fully saturated rings. The van der Waals surface area contributed by atoms with Crippen LogP contribution in [0.2, 0.25) is 3.17 Å². The molecule has 0 heterocycles. The van der Waals surface area contributed by atoms with Crippen LogP contribution in [0.4, 0.5) is 0 Å². The van der Waals surface area contributed by atoms with Gasteiger partial charge in [0.15, 0.2) is 0 Å². The Bertz CT molecular complexity index is 221. The van der Waals surface area contributed by atoms with Gasteiger partial charge in [0.2, 0.25) is 0 Å². The number of carboxylic acid groups (broad SMARTS) is 2. The molecule has 1 atom stereocenters. The van der Waals surface area contributed by atoms with Crippen molar-refractivity contribution < 1.29 is 19.8 Å². The summed E-state index contributed by atoms with van der Waals surface area (Å²) >= 11 is 1.41. The predicted octanol–water partition coefficient (Wildman–Crippen LogP) is 2.48. The molecule has 1 aliphatic carbocycles. The van der Waals surface area contributed by atoms with Crippen molar-refractivity contribution in [2.45, 2.75) is 55.0 Å². The number of rotatable bonds is 4. The van der Waals surface area contributed by atoms with Crippen molar-refractivity contribution in [1.29, 1.82) is 0 Å². The Kier molecular flexibility index (Phi) is 9.88. The molecule has 0 bridgehead atoms. The molecule has 0 aromatic heterocycles. The second-order valence-electron chi connectivity index (χ2n) is 4.93. The summed E-state index contributed by atoms with van der Waals surface area (Å²) in [5, 5.41) is 15.8. The zero-order chi connectivity index (χ0) is 13.3. The van der Waals surface area contributed by atoms with Gasteiger partial charge in [-0.3, -0.25) is 9.59 Å². The van der Waals surface area contributed by atoms with E-state index in [1.807, 2.05) is 0 Å². The number of carboxylic acids is 2. The second kappa shape index (κ2) is 9.92. The Balaban J connectivity index is 0.000000304. The fourth-order valence-corrected chi connectivity index (χ4v) is 2.68. The molecule has 0 saturated heterocycles. The standard InChI is InChI=1S/C8H15.C4H6O4.Na/c1-2-8-6-4-3-5-7-8;5-3(6)1-2-4(7)8;/h2,8H,3-7H2,1H3;1-2H2,(H,5,6)(H,7,8);. The molecule has 1 aliphatic rings.